The normalized spacial score (nSPS) is 10.5. The monoisotopic (exact) mass is 274 g/mol. The van der Waals surface area contributed by atoms with E-state index in [1.165, 1.54) is 6.07 Å². The van der Waals surface area contributed by atoms with Crippen molar-refractivity contribution >= 4 is 29.3 Å². The molecule has 0 aliphatic carbocycles. The van der Waals surface area contributed by atoms with Gasteiger partial charge in [-0.15, -0.1) is 5.10 Å². The summed E-state index contributed by atoms with van der Waals surface area (Å²) in [6.45, 7) is 0. The summed E-state index contributed by atoms with van der Waals surface area (Å²) in [6.07, 6.45) is 0. The molecule has 0 atom stereocenters. The number of carboxylic acid groups (broad SMARTS) is 1. The number of carbonyl (C=O) groups is 1. The zero-order valence-electron chi connectivity index (χ0n) is 8.05. The molecule has 0 saturated carbocycles. The van der Waals surface area contributed by atoms with Crippen molar-refractivity contribution in [3.63, 3.8) is 0 Å². The van der Waals surface area contributed by atoms with Gasteiger partial charge in [-0.05, 0) is 23.7 Å². The molecule has 0 saturated heterocycles. The number of aromatic carboxylic acids is 1. The summed E-state index contributed by atoms with van der Waals surface area (Å²) < 4.78 is 29.7. The second-order valence-electron chi connectivity index (χ2n) is 2.89. The van der Waals surface area contributed by atoms with Gasteiger partial charge in [0.15, 0.2) is 5.69 Å². The highest BCUT2D eigenvalue weighted by Crippen LogP contribution is 2.34. The third-order valence-corrected chi connectivity index (χ3v) is 3.68. The molecule has 2 aromatic rings. The van der Waals surface area contributed by atoms with Crippen LogP contribution in [0, 0.1) is 11.6 Å². The standard InChI is InChI=1S/C9H4F2N2O2S2/c10-4-1-2-6(5(11)3-4)16-9-7(8(14)15)12-13-17-9/h1-3H,(H,14,15). The molecule has 0 unspecified atom stereocenters. The smallest absolute Gasteiger partial charge is 0.358 e. The van der Waals surface area contributed by atoms with Crippen LogP contribution in [0.25, 0.3) is 0 Å². The molecule has 88 valence electrons. The molecule has 2 rings (SSSR count). The van der Waals surface area contributed by atoms with Crippen LogP contribution < -0.4 is 0 Å². The van der Waals surface area contributed by atoms with Crippen molar-refractivity contribution in [2.45, 2.75) is 9.10 Å². The average molecular weight is 274 g/mol. The van der Waals surface area contributed by atoms with Crippen molar-refractivity contribution < 1.29 is 18.7 Å². The number of hydrogen-bond acceptors (Lipinski definition) is 5. The van der Waals surface area contributed by atoms with Crippen molar-refractivity contribution in [1.82, 2.24) is 9.59 Å². The van der Waals surface area contributed by atoms with E-state index in [4.69, 9.17) is 5.11 Å². The Labute approximate surface area is 102 Å². The van der Waals surface area contributed by atoms with Crippen LogP contribution in [0.5, 0.6) is 0 Å². The molecular formula is C9H4F2N2O2S2. The summed E-state index contributed by atoms with van der Waals surface area (Å²) in [7, 11) is 0. The summed E-state index contributed by atoms with van der Waals surface area (Å²) in [5, 5.41) is 12.2. The Hall–Kier alpha value is -1.54. The van der Waals surface area contributed by atoms with Gasteiger partial charge < -0.3 is 5.11 Å². The van der Waals surface area contributed by atoms with E-state index in [0.29, 0.717) is 0 Å². The second kappa shape index (κ2) is 4.76. The number of benzene rings is 1. The molecule has 17 heavy (non-hydrogen) atoms. The van der Waals surface area contributed by atoms with Crippen LogP contribution in [0.1, 0.15) is 10.5 Å². The van der Waals surface area contributed by atoms with E-state index >= 15 is 0 Å². The van der Waals surface area contributed by atoms with Crippen molar-refractivity contribution in [2.24, 2.45) is 0 Å². The van der Waals surface area contributed by atoms with Gasteiger partial charge in [0.1, 0.15) is 15.8 Å². The highest BCUT2D eigenvalue weighted by atomic mass is 32.2. The molecule has 0 amide bonds. The minimum absolute atomic E-state index is 0.125. The molecule has 0 bridgehead atoms. The van der Waals surface area contributed by atoms with Gasteiger partial charge in [-0.1, -0.05) is 16.3 Å². The summed E-state index contributed by atoms with van der Waals surface area (Å²) in [6, 6.07) is 3.07. The fourth-order valence-electron chi connectivity index (χ4n) is 1.04. The number of halogens is 2. The van der Waals surface area contributed by atoms with Gasteiger partial charge in [0, 0.05) is 11.0 Å². The fourth-order valence-corrected chi connectivity index (χ4v) is 2.68. The molecule has 0 aliphatic rings. The molecule has 0 spiro atoms. The number of hydrogen-bond donors (Lipinski definition) is 1. The van der Waals surface area contributed by atoms with E-state index in [1.807, 2.05) is 0 Å². The van der Waals surface area contributed by atoms with Crippen LogP contribution in [-0.4, -0.2) is 20.7 Å². The third-order valence-electron chi connectivity index (χ3n) is 1.76. The minimum atomic E-state index is -1.23. The van der Waals surface area contributed by atoms with E-state index in [2.05, 4.69) is 9.59 Å². The van der Waals surface area contributed by atoms with Crippen molar-refractivity contribution in [3.05, 3.63) is 35.5 Å². The predicted octanol–water partition coefficient (Wildman–Crippen LogP) is 2.67. The van der Waals surface area contributed by atoms with Crippen LogP contribution in [0.4, 0.5) is 8.78 Å². The fraction of sp³-hybridized carbons (Fsp3) is 0. The molecular weight excluding hydrogens is 270 g/mol. The molecule has 1 aromatic carbocycles. The lowest BCUT2D eigenvalue weighted by Crippen LogP contribution is -1.98. The van der Waals surface area contributed by atoms with Crippen LogP contribution in [0.3, 0.4) is 0 Å². The lowest BCUT2D eigenvalue weighted by atomic mass is 10.3. The predicted molar refractivity (Wildman–Crippen MR) is 57.3 cm³/mol. The third kappa shape index (κ3) is 2.59. The molecule has 1 N–H and O–H groups in total. The molecule has 4 nitrogen and oxygen atoms in total. The minimum Gasteiger partial charge on any atom is -0.476 e. The Kier molecular flexibility index (Phi) is 3.34. The molecule has 1 heterocycles. The van der Waals surface area contributed by atoms with Gasteiger partial charge in [-0.2, -0.15) is 0 Å². The van der Waals surface area contributed by atoms with Gasteiger partial charge in [-0.3, -0.25) is 0 Å². The average Bonchev–Trinajstić information content (AvgIpc) is 2.70. The Balaban J connectivity index is 2.31. The SMILES string of the molecule is O=C(O)c1nnsc1Sc1ccc(F)cc1F. The van der Waals surface area contributed by atoms with Crippen LogP contribution in [0.2, 0.25) is 0 Å². The zero-order valence-corrected chi connectivity index (χ0v) is 9.69. The van der Waals surface area contributed by atoms with E-state index in [9.17, 15) is 13.6 Å². The number of nitrogens with zero attached hydrogens (tertiary/aromatic N) is 2. The topological polar surface area (TPSA) is 63.1 Å². The van der Waals surface area contributed by atoms with E-state index in [0.717, 1.165) is 35.4 Å². The zero-order chi connectivity index (χ0) is 12.4. The largest absolute Gasteiger partial charge is 0.476 e. The molecule has 0 aliphatic heterocycles. The second-order valence-corrected chi connectivity index (χ2v) is 4.96. The lowest BCUT2D eigenvalue weighted by Gasteiger charge is -2.00. The summed E-state index contributed by atoms with van der Waals surface area (Å²) in [4.78, 5) is 10.9. The first-order valence-corrected chi connectivity index (χ1v) is 5.85. The maximum atomic E-state index is 13.3. The Morgan fingerprint density at radius 2 is 2.18 bits per heavy atom. The first-order valence-electron chi connectivity index (χ1n) is 4.26. The summed E-state index contributed by atoms with van der Waals surface area (Å²) >= 11 is 1.70. The first kappa shape index (κ1) is 11.9. The molecule has 8 heteroatoms. The van der Waals surface area contributed by atoms with E-state index in [1.54, 1.807) is 0 Å². The molecule has 0 radical (unpaired) electrons. The highest BCUT2D eigenvalue weighted by molar-refractivity contribution is 8.01. The Morgan fingerprint density at radius 3 is 2.82 bits per heavy atom. The quantitative estimate of drug-likeness (QED) is 0.932. The molecule has 1 aromatic heterocycles. The van der Waals surface area contributed by atoms with E-state index in [-0.39, 0.29) is 14.8 Å². The van der Waals surface area contributed by atoms with Crippen LogP contribution in [0.15, 0.2) is 27.3 Å². The van der Waals surface area contributed by atoms with E-state index < -0.39 is 17.6 Å². The number of aromatic nitrogens is 2. The molecule has 0 fully saturated rings. The number of rotatable bonds is 3. The maximum absolute atomic E-state index is 13.3. The van der Waals surface area contributed by atoms with Gasteiger partial charge in [0.2, 0.25) is 0 Å². The first-order chi connectivity index (χ1) is 8.08. The number of carboxylic acids is 1. The van der Waals surface area contributed by atoms with Crippen molar-refractivity contribution in [1.29, 1.82) is 0 Å². The summed E-state index contributed by atoms with van der Waals surface area (Å²) in [5.74, 6) is -2.67. The Bertz CT molecular complexity index is 574. The van der Waals surface area contributed by atoms with Gasteiger partial charge in [0.25, 0.3) is 0 Å². The highest BCUT2D eigenvalue weighted by Gasteiger charge is 2.17. The van der Waals surface area contributed by atoms with Gasteiger partial charge >= 0.3 is 5.97 Å². The van der Waals surface area contributed by atoms with Gasteiger partial charge in [0.05, 0.1) is 0 Å². The van der Waals surface area contributed by atoms with Crippen molar-refractivity contribution in [3.8, 4) is 0 Å². The van der Waals surface area contributed by atoms with Gasteiger partial charge in [-0.25, -0.2) is 13.6 Å². The summed E-state index contributed by atoms with van der Waals surface area (Å²) in [5.41, 5.74) is -0.233. The van der Waals surface area contributed by atoms with Crippen molar-refractivity contribution in [2.75, 3.05) is 0 Å². The maximum Gasteiger partial charge on any atom is 0.358 e. The van der Waals surface area contributed by atoms with Crippen LogP contribution >= 0.6 is 23.3 Å². The lowest BCUT2D eigenvalue weighted by molar-refractivity contribution is 0.0687. The van der Waals surface area contributed by atoms with Crippen LogP contribution in [-0.2, 0) is 0 Å². The Morgan fingerprint density at radius 1 is 1.41 bits per heavy atom.